The van der Waals surface area contributed by atoms with Gasteiger partial charge in [-0.2, -0.15) is 0 Å². The van der Waals surface area contributed by atoms with Crippen LogP contribution in [0.3, 0.4) is 0 Å². The minimum Gasteiger partial charge on any atom is -0.468 e. The van der Waals surface area contributed by atoms with Gasteiger partial charge in [-0.05, 0) is 0 Å². The second-order valence-corrected chi connectivity index (χ2v) is 1.59. The Bertz CT molecular complexity index is 88.6. The molecule has 2 N–H and O–H groups in total. The summed E-state index contributed by atoms with van der Waals surface area (Å²) in [6.45, 7) is 0. The summed E-state index contributed by atoms with van der Waals surface area (Å²) in [6, 6.07) is -0.679. The van der Waals surface area contributed by atoms with Gasteiger partial charge in [0.15, 0.2) is 0 Å². The van der Waals surface area contributed by atoms with Crippen LogP contribution in [0.15, 0.2) is 0 Å². The summed E-state index contributed by atoms with van der Waals surface area (Å²) in [5, 5.41) is 0. The van der Waals surface area contributed by atoms with Crippen LogP contribution in [0.1, 0.15) is 0 Å². The summed E-state index contributed by atoms with van der Waals surface area (Å²) >= 11 is 5.20. The van der Waals surface area contributed by atoms with E-state index in [4.69, 9.17) is 17.3 Å². The highest BCUT2D eigenvalue weighted by atomic mass is 35.5. The first-order valence-corrected chi connectivity index (χ1v) is 2.65. The summed E-state index contributed by atoms with van der Waals surface area (Å²) in [6.07, 6.45) is 0. The third kappa shape index (κ3) is 4.51. The minimum absolute atomic E-state index is 0. The van der Waals surface area contributed by atoms with Crippen molar-refractivity contribution in [1.29, 1.82) is 0 Å². The van der Waals surface area contributed by atoms with Crippen LogP contribution >= 0.6 is 24.0 Å². The zero-order valence-corrected chi connectivity index (χ0v) is 6.54. The van der Waals surface area contributed by atoms with Crippen LogP contribution < -0.4 is 5.73 Å². The van der Waals surface area contributed by atoms with Crippen molar-refractivity contribution in [3.63, 3.8) is 0 Å². The predicted molar refractivity (Wildman–Crippen MR) is 38.0 cm³/mol. The van der Waals surface area contributed by atoms with Crippen molar-refractivity contribution in [3.8, 4) is 0 Å². The Hall–Kier alpha value is 0.01000. The summed E-state index contributed by atoms with van der Waals surface area (Å²) in [7, 11) is 1.27. The van der Waals surface area contributed by atoms with E-state index in [9.17, 15) is 4.79 Å². The van der Waals surface area contributed by atoms with Crippen molar-refractivity contribution in [3.05, 3.63) is 0 Å². The maximum Gasteiger partial charge on any atom is 0.323 e. The molecule has 0 aliphatic heterocycles. The predicted octanol–water partition coefficient (Wildman–Crippen LogP) is 0.147. The maximum atomic E-state index is 10.3. The molecule has 0 bridgehead atoms. The quantitative estimate of drug-likeness (QED) is 0.478. The fourth-order valence-electron chi connectivity index (χ4n) is 0.214. The van der Waals surface area contributed by atoms with Crippen LogP contribution in [0.5, 0.6) is 0 Å². The lowest BCUT2D eigenvalue weighted by Gasteiger charge is -2.01. The molecule has 0 saturated carbocycles. The minimum atomic E-state index is -0.679. The van der Waals surface area contributed by atoms with E-state index in [0.717, 1.165) is 0 Å². The summed E-state index contributed by atoms with van der Waals surface area (Å²) < 4.78 is 4.25. The molecule has 0 rings (SSSR count). The number of carbonyl (C=O) groups excluding carboxylic acids is 1. The zero-order valence-electron chi connectivity index (χ0n) is 4.96. The fraction of sp³-hybridized carbons (Fsp3) is 0.750. The molecular weight excluding hydrogens is 165 g/mol. The molecule has 56 valence electrons. The second-order valence-electron chi connectivity index (χ2n) is 1.28. The lowest BCUT2D eigenvalue weighted by molar-refractivity contribution is -0.141. The van der Waals surface area contributed by atoms with Crippen LogP contribution in [-0.2, 0) is 9.53 Å². The van der Waals surface area contributed by atoms with Crippen LogP contribution in [0, 0.1) is 0 Å². The van der Waals surface area contributed by atoms with Gasteiger partial charge in [-0.1, -0.05) is 0 Å². The summed E-state index contributed by atoms with van der Waals surface area (Å²) in [5.41, 5.74) is 5.12. The van der Waals surface area contributed by atoms with Crippen LogP contribution in [0.2, 0.25) is 0 Å². The van der Waals surface area contributed by atoms with E-state index in [1.54, 1.807) is 0 Å². The number of hydrogen-bond donors (Lipinski definition) is 1. The van der Waals surface area contributed by atoms with Crippen molar-refractivity contribution >= 4 is 30.0 Å². The third-order valence-electron chi connectivity index (χ3n) is 0.670. The molecule has 0 aromatic heterocycles. The standard InChI is InChI=1S/C4H8ClNO2.ClH/c1-8-4(7)3(6)2-5;/h3H,2,6H2,1H3;1H/t3-;/m0./s1. The highest BCUT2D eigenvalue weighted by molar-refractivity contribution is 6.19. The van der Waals surface area contributed by atoms with E-state index in [1.165, 1.54) is 7.11 Å². The number of esters is 1. The average molecular weight is 174 g/mol. The van der Waals surface area contributed by atoms with Gasteiger partial charge in [0.05, 0.1) is 7.11 Å². The van der Waals surface area contributed by atoms with Crippen molar-refractivity contribution in [2.24, 2.45) is 5.73 Å². The largest absolute Gasteiger partial charge is 0.468 e. The summed E-state index contributed by atoms with van der Waals surface area (Å²) in [4.78, 5) is 10.3. The third-order valence-corrected chi connectivity index (χ3v) is 1.00. The highest BCUT2D eigenvalue weighted by Crippen LogP contribution is 1.85. The van der Waals surface area contributed by atoms with Crippen molar-refractivity contribution in [1.82, 2.24) is 0 Å². The molecule has 0 aromatic carbocycles. The van der Waals surface area contributed by atoms with Gasteiger partial charge in [0, 0.05) is 5.88 Å². The van der Waals surface area contributed by atoms with E-state index in [2.05, 4.69) is 4.74 Å². The van der Waals surface area contributed by atoms with E-state index in [-0.39, 0.29) is 18.3 Å². The zero-order chi connectivity index (χ0) is 6.57. The lowest BCUT2D eigenvalue weighted by Crippen LogP contribution is -2.32. The number of nitrogens with two attached hydrogens (primary N) is 1. The summed E-state index contributed by atoms with van der Waals surface area (Å²) in [5.74, 6) is -0.368. The fourth-order valence-corrected chi connectivity index (χ4v) is 0.340. The molecular formula is C4H9Cl2NO2. The number of ether oxygens (including phenoxy) is 1. The number of halogens is 2. The lowest BCUT2D eigenvalue weighted by atomic mass is 10.4. The Morgan fingerprint density at radius 1 is 1.89 bits per heavy atom. The van der Waals surface area contributed by atoms with E-state index >= 15 is 0 Å². The van der Waals surface area contributed by atoms with Crippen LogP contribution in [-0.4, -0.2) is 25.0 Å². The molecule has 3 nitrogen and oxygen atoms in total. The number of hydrogen-bond acceptors (Lipinski definition) is 3. The number of carbonyl (C=O) groups is 1. The smallest absolute Gasteiger partial charge is 0.323 e. The SMILES string of the molecule is COC(=O)[C@@H](N)CCl.Cl. The van der Waals surface area contributed by atoms with E-state index in [0.29, 0.717) is 0 Å². The number of rotatable bonds is 2. The van der Waals surface area contributed by atoms with Gasteiger partial charge in [0.25, 0.3) is 0 Å². The average Bonchev–Trinajstić information content (AvgIpc) is 1.84. The van der Waals surface area contributed by atoms with Gasteiger partial charge in [-0.3, -0.25) is 4.79 Å². The Balaban J connectivity index is 0. The Labute approximate surface area is 64.9 Å². The number of methoxy groups -OCH3 is 1. The molecule has 5 heteroatoms. The van der Waals surface area contributed by atoms with Gasteiger partial charge in [0.2, 0.25) is 0 Å². The molecule has 0 fully saturated rings. The molecule has 0 aliphatic rings. The highest BCUT2D eigenvalue weighted by Gasteiger charge is 2.10. The van der Waals surface area contributed by atoms with Crippen LogP contribution in [0.25, 0.3) is 0 Å². The van der Waals surface area contributed by atoms with E-state index < -0.39 is 12.0 Å². The normalized spacial score (nSPS) is 11.4. The molecule has 1 atom stereocenters. The first kappa shape index (κ1) is 11.8. The van der Waals surface area contributed by atoms with Gasteiger partial charge in [-0.25, -0.2) is 0 Å². The number of alkyl halides is 1. The molecule has 0 spiro atoms. The second kappa shape index (κ2) is 6.13. The Morgan fingerprint density at radius 2 is 2.33 bits per heavy atom. The van der Waals surface area contributed by atoms with Gasteiger partial charge >= 0.3 is 5.97 Å². The molecule has 9 heavy (non-hydrogen) atoms. The molecule has 0 amide bonds. The van der Waals surface area contributed by atoms with Crippen molar-refractivity contribution < 1.29 is 9.53 Å². The molecule has 0 aromatic rings. The van der Waals surface area contributed by atoms with E-state index in [1.807, 2.05) is 0 Å². The first-order valence-electron chi connectivity index (χ1n) is 2.11. The Kier molecular flexibility index (Phi) is 8.02. The van der Waals surface area contributed by atoms with Gasteiger partial charge < -0.3 is 10.5 Å². The molecule has 0 heterocycles. The maximum absolute atomic E-state index is 10.3. The molecule has 0 radical (unpaired) electrons. The van der Waals surface area contributed by atoms with Crippen molar-refractivity contribution in [2.45, 2.75) is 6.04 Å². The molecule has 0 aliphatic carbocycles. The molecule has 0 saturated heterocycles. The van der Waals surface area contributed by atoms with Gasteiger partial charge in [0.1, 0.15) is 6.04 Å². The Morgan fingerprint density at radius 3 is 2.44 bits per heavy atom. The van der Waals surface area contributed by atoms with Gasteiger partial charge in [-0.15, -0.1) is 24.0 Å². The van der Waals surface area contributed by atoms with Crippen molar-refractivity contribution in [2.75, 3.05) is 13.0 Å². The first-order chi connectivity index (χ1) is 3.72. The topological polar surface area (TPSA) is 52.3 Å². The van der Waals surface area contributed by atoms with Crippen LogP contribution in [0.4, 0.5) is 0 Å². The molecule has 0 unspecified atom stereocenters. The monoisotopic (exact) mass is 173 g/mol.